The van der Waals surface area contributed by atoms with E-state index in [9.17, 15) is 4.79 Å². The van der Waals surface area contributed by atoms with Gasteiger partial charge in [0.2, 0.25) is 0 Å². The van der Waals surface area contributed by atoms with Crippen LogP contribution in [0.1, 0.15) is 30.8 Å². The number of rotatable bonds is 6. The van der Waals surface area contributed by atoms with Crippen molar-refractivity contribution >= 4 is 33.3 Å². The van der Waals surface area contributed by atoms with Crippen LogP contribution in [-0.4, -0.2) is 22.4 Å². The summed E-state index contributed by atoms with van der Waals surface area (Å²) in [5, 5.41) is 5.98. The summed E-state index contributed by atoms with van der Waals surface area (Å²) < 4.78 is 0.822. The number of halogens is 1. The van der Waals surface area contributed by atoms with Gasteiger partial charge in [0.15, 0.2) is 0 Å². The fourth-order valence-corrected chi connectivity index (χ4v) is 2.16. The Morgan fingerprint density at radius 2 is 2.00 bits per heavy atom. The molecule has 1 aromatic heterocycles. The molecular formula is C16H19BrN4O. The molecule has 1 amide bonds. The third-order valence-electron chi connectivity index (χ3n) is 3.03. The first-order chi connectivity index (χ1) is 10.6. The minimum Gasteiger partial charge on any atom is -0.369 e. The van der Waals surface area contributed by atoms with Gasteiger partial charge in [-0.05, 0) is 40.4 Å². The second kappa shape index (κ2) is 7.89. The van der Waals surface area contributed by atoms with Crippen molar-refractivity contribution in [3.8, 4) is 0 Å². The van der Waals surface area contributed by atoms with Gasteiger partial charge >= 0.3 is 0 Å². The molecule has 0 fully saturated rings. The van der Waals surface area contributed by atoms with Crippen LogP contribution >= 0.6 is 15.9 Å². The van der Waals surface area contributed by atoms with Gasteiger partial charge in [0, 0.05) is 11.0 Å². The van der Waals surface area contributed by atoms with Gasteiger partial charge < -0.3 is 10.6 Å². The first kappa shape index (κ1) is 16.4. The lowest BCUT2D eigenvalue weighted by Crippen LogP contribution is -2.15. The zero-order valence-corrected chi connectivity index (χ0v) is 14.2. The van der Waals surface area contributed by atoms with Crippen molar-refractivity contribution in [1.29, 1.82) is 0 Å². The topological polar surface area (TPSA) is 66.9 Å². The zero-order valence-electron chi connectivity index (χ0n) is 12.6. The van der Waals surface area contributed by atoms with Crippen molar-refractivity contribution in [3.63, 3.8) is 0 Å². The van der Waals surface area contributed by atoms with Crippen LogP contribution in [0.4, 0.5) is 11.5 Å². The Kier molecular flexibility index (Phi) is 5.89. The summed E-state index contributed by atoms with van der Waals surface area (Å²) in [7, 11) is 0. The smallest absolute Gasteiger partial charge is 0.275 e. The summed E-state index contributed by atoms with van der Waals surface area (Å²) >= 11 is 3.39. The van der Waals surface area contributed by atoms with Gasteiger partial charge in [-0.25, -0.2) is 9.97 Å². The first-order valence-electron chi connectivity index (χ1n) is 7.18. The number of nitrogens with one attached hydrogen (secondary N) is 2. The van der Waals surface area contributed by atoms with Gasteiger partial charge in [-0.3, -0.25) is 4.79 Å². The van der Waals surface area contributed by atoms with Crippen LogP contribution < -0.4 is 10.6 Å². The lowest BCUT2D eigenvalue weighted by molar-refractivity contribution is 0.102. The molecule has 0 radical (unpaired) electrons. The average molecular weight is 363 g/mol. The van der Waals surface area contributed by atoms with Crippen molar-refractivity contribution in [2.45, 2.75) is 20.3 Å². The van der Waals surface area contributed by atoms with E-state index < -0.39 is 0 Å². The molecule has 0 aliphatic rings. The Morgan fingerprint density at radius 3 is 2.64 bits per heavy atom. The maximum absolute atomic E-state index is 12.1. The molecule has 22 heavy (non-hydrogen) atoms. The van der Waals surface area contributed by atoms with Crippen molar-refractivity contribution in [3.05, 3.63) is 46.8 Å². The van der Waals surface area contributed by atoms with E-state index in [-0.39, 0.29) is 11.6 Å². The molecule has 0 bridgehead atoms. The van der Waals surface area contributed by atoms with E-state index in [2.05, 4.69) is 50.4 Å². The van der Waals surface area contributed by atoms with Crippen molar-refractivity contribution in [2.24, 2.45) is 5.92 Å². The maximum atomic E-state index is 12.1. The molecule has 0 saturated heterocycles. The summed E-state index contributed by atoms with van der Waals surface area (Å²) in [6.07, 6.45) is 4.12. The van der Waals surface area contributed by atoms with Crippen LogP contribution in [0.3, 0.4) is 0 Å². The number of aromatic nitrogens is 2. The Bertz CT molecular complexity index is 628. The normalized spacial score (nSPS) is 10.5. The van der Waals surface area contributed by atoms with Crippen molar-refractivity contribution < 1.29 is 4.79 Å². The monoisotopic (exact) mass is 362 g/mol. The van der Waals surface area contributed by atoms with E-state index in [1.54, 1.807) is 6.20 Å². The Hall–Kier alpha value is -1.95. The third kappa shape index (κ3) is 4.80. The summed E-state index contributed by atoms with van der Waals surface area (Å²) in [4.78, 5) is 20.5. The highest BCUT2D eigenvalue weighted by Gasteiger charge is 2.10. The van der Waals surface area contributed by atoms with Crippen LogP contribution in [0.5, 0.6) is 0 Å². The standard InChI is InChI=1S/C16H19BrN4O/c1-11(2)7-8-18-15-10-19-14(9-20-15)16(22)21-13-6-4-3-5-12(13)17/h3-6,9-11H,7-8H2,1-2H3,(H,18,20)(H,21,22). The number of hydrogen-bond acceptors (Lipinski definition) is 4. The third-order valence-corrected chi connectivity index (χ3v) is 3.73. The molecule has 0 aliphatic carbocycles. The second-order valence-corrected chi connectivity index (χ2v) is 6.18. The van der Waals surface area contributed by atoms with Crippen LogP contribution in [0.2, 0.25) is 0 Å². The van der Waals surface area contributed by atoms with Gasteiger partial charge in [0.1, 0.15) is 11.5 Å². The molecule has 0 atom stereocenters. The van der Waals surface area contributed by atoms with Gasteiger partial charge in [0.05, 0.1) is 18.1 Å². The van der Waals surface area contributed by atoms with Crippen LogP contribution in [0.15, 0.2) is 41.1 Å². The summed E-state index contributed by atoms with van der Waals surface area (Å²) in [5.74, 6) is 1.03. The van der Waals surface area contributed by atoms with Gasteiger partial charge in [-0.1, -0.05) is 26.0 Å². The number of benzene rings is 1. The molecule has 2 N–H and O–H groups in total. The molecule has 1 aromatic carbocycles. The van der Waals surface area contributed by atoms with E-state index in [0.29, 0.717) is 17.4 Å². The fraction of sp³-hybridized carbons (Fsp3) is 0.312. The van der Waals surface area contributed by atoms with Gasteiger partial charge in [0.25, 0.3) is 5.91 Å². The minimum absolute atomic E-state index is 0.283. The van der Waals surface area contributed by atoms with E-state index in [1.165, 1.54) is 6.20 Å². The molecule has 0 spiro atoms. The van der Waals surface area contributed by atoms with E-state index in [0.717, 1.165) is 17.4 Å². The molecule has 5 nitrogen and oxygen atoms in total. The second-order valence-electron chi connectivity index (χ2n) is 5.33. The number of amides is 1. The molecule has 0 saturated carbocycles. The SMILES string of the molecule is CC(C)CCNc1cnc(C(=O)Nc2ccccc2Br)cn1. The highest BCUT2D eigenvalue weighted by molar-refractivity contribution is 9.10. The number of hydrogen-bond donors (Lipinski definition) is 2. The van der Waals surface area contributed by atoms with E-state index in [1.807, 2.05) is 24.3 Å². The molecule has 1 heterocycles. The fourth-order valence-electron chi connectivity index (χ4n) is 1.77. The molecule has 0 unspecified atom stereocenters. The Labute approximate surface area is 138 Å². The number of nitrogens with zero attached hydrogens (tertiary/aromatic N) is 2. The molecule has 116 valence electrons. The van der Waals surface area contributed by atoms with Gasteiger partial charge in [-0.2, -0.15) is 0 Å². The quantitative estimate of drug-likeness (QED) is 0.816. The summed E-state index contributed by atoms with van der Waals surface area (Å²) in [6.45, 7) is 5.18. The molecule has 0 aliphatic heterocycles. The van der Waals surface area contributed by atoms with Crippen LogP contribution in [-0.2, 0) is 0 Å². The van der Waals surface area contributed by atoms with E-state index in [4.69, 9.17) is 0 Å². The predicted molar refractivity (Wildman–Crippen MR) is 92.1 cm³/mol. The van der Waals surface area contributed by atoms with E-state index >= 15 is 0 Å². The number of carbonyl (C=O) groups is 1. The average Bonchev–Trinajstić information content (AvgIpc) is 2.50. The Balaban J connectivity index is 1.95. The Morgan fingerprint density at radius 1 is 1.23 bits per heavy atom. The zero-order chi connectivity index (χ0) is 15.9. The highest BCUT2D eigenvalue weighted by atomic mass is 79.9. The van der Waals surface area contributed by atoms with Crippen LogP contribution in [0, 0.1) is 5.92 Å². The summed E-state index contributed by atoms with van der Waals surface area (Å²) in [5.41, 5.74) is 0.985. The number of carbonyl (C=O) groups excluding carboxylic acids is 1. The highest BCUT2D eigenvalue weighted by Crippen LogP contribution is 2.21. The molecular weight excluding hydrogens is 344 g/mol. The molecule has 6 heteroatoms. The van der Waals surface area contributed by atoms with Crippen LogP contribution in [0.25, 0.3) is 0 Å². The largest absolute Gasteiger partial charge is 0.369 e. The minimum atomic E-state index is -0.284. The van der Waals surface area contributed by atoms with Crippen molar-refractivity contribution in [1.82, 2.24) is 9.97 Å². The lowest BCUT2D eigenvalue weighted by atomic mass is 10.1. The molecule has 2 rings (SSSR count). The van der Waals surface area contributed by atoms with Crippen molar-refractivity contribution in [2.75, 3.05) is 17.2 Å². The lowest BCUT2D eigenvalue weighted by Gasteiger charge is -2.08. The number of anilines is 2. The predicted octanol–water partition coefficient (Wildman–Crippen LogP) is 3.95. The van der Waals surface area contributed by atoms with Gasteiger partial charge in [-0.15, -0.1) is 0 Å². The molecule has 2 aromatic rings. The number of para-hydroxylation sites is 1. The first-order valence-corrected chi connectivity index (χ1v) is 7.97. The maximum Gasteiger partial charge on any atom is 0.275 e. The summed E-state index contributed by atoms with van der Waals surface area (Å²) in [6, 6.07) is 7.42.